The Kier molecular flexibility index (Phi) is 4.98. The first kappa shape index (κ1) is 17.7. The van der Waals surface area contributed by atoms with Gasteiger partial charge in [-0.2, -0.15) is 4.68 Å². The van der Waals surface area contributed by atoms with E-state index in [0.29, 0.717) is 21.6 Å². The lowest BCUT2D eigenvalue weighted by molar-refractivity contribution is 0.601. The second kappa shape index (κ2) is 7.03. The molecule has 7 nitrogen and oxygen atoms in total. The largest absolute Gasteiger partial charge is 0.280 e. The summed E-state index contributed by atoms with van der Waals surface area (Å²) >= 11 is 7.42. The maximum atomic E-state index is 12.6. The molecule has 0 spiro atoms. The highest BCUT2D eigenvalue weighted by Crippen LogP contribution is 2.24. The quantitative estimate of drug-likeness (QED) is 0.667. The molecule has 1 heterocycles. The number of tetrazole rings is 1. The molecule has 0 radical (unpaired) electrons. The molecule has 0 aliphatic heterocycles. The molecule has 3 aromatic rings. The van der Waals surface area contributed by atoms with Gasteiger partial charge < -0.3 is 0 Å². The third-order valence-corrected chi connectivity index (χ3v) is 5.83. The van der Waals surface area contributed by atoms with E-state index in [4.69, 9.17) is 11.6 Å². The summed E-state index contributed by atoms with van der Waals surface area (Å²) in [4.78, 5) is 0.0979. The summed E-state index contributed by atoms with van der Waals surface area (Å²) < 4.78 is 29.2. The first-order chi connectivity index (χ1) is 11.9. The molecule has 0 bridgehead atoms. The van der Waals surface area contributed by atoms with Crippen LogP contribution in [0.3, 0.4) is 0 Å². The SMILES string of the molecule is CSc1nnnn1-c1cccc(NS(=O)(=O)c2ccc(C)c(Cl)c2)c1. The van der Waals surface area contributed by atoms with E-state index >= 15 is 0 Å². The van der Waals surface area contributed by atoms with Gasteiger partial charge in [-0.05, 0) is 59.5 Å². The van der Waals surface area contributed by atoms with Gasteiger partial charge in [-0.25, -0.2) is 8.42 Å². The molecular weight excluding hydrogens is 382 g/mol. The zero-order valence-corrected chi connectivity index (χ0v) is 15.7. The summed E-state index contributed by atoms with van der Waals surface area (Å²) in [7, 11) is -3.75. The summed E-state index contributed by atoms with van der Waals surface area (Å²) in [6.45, 7) is 1.81. The predicted octanol–water partition coefficient (Wildman–Crippen LogP) is 3.15. The van der Waals surface area contributed by atoms with Crippen molar-refractivity contribution in [3.8, 4) is 5.69 Å². The molecule has 0 saturated carbocycles. The number of benzene rings is 2. The normalized spacial score (nSPS) is 11.5. The average Bonchev–Trinajstić information content (AvgIpc) is 3.06. The van der Waals surface area contributed by atoms with Gasteiger partial charge in [0.1, 0.15) is 0 Å². The summed E-state index contributed by atoms with van der Waals surface area (Å²) in [6, 6.07) is 11.4. The summed E-state index contributed by atoms with van der Waals surface area (Å²) in [5.41, 5.74) is 1.86. The zero-order chi connectivity index (χ0) is 18.0. The molecule has 10 heteroatoms. The second-order valence-electron chi connectivity index (χ2n) is 5.14. The van der Waals surface area contributed by atoms with Gasteiger partial charge in [0.25, 0.3) is 10.0 Å². The first-order valence-electron chi connectivity index (χ1n) is 7.12. The van der Waals surface area contributed by atoms with Crippen LogP contribution in [0.25, 0.3) is 5.69 Å². The van der Waals surface area contributed by atoms with Crippen LogP contribution in [0.15, 0.2) is 52.5 Å². The van der Waals surface area contributed by atoms with Crippen molar-refractivity contribution in [2.75, 3.05) is 11.0 Å². The highest BCUT2D eigenvalue weighted by Gasteiger charge is 2.16. The van der Waals surface area contributed by atoms with Crippen molar-refractivity contribution in [3.63, 3.8) is 0 Å². The maximum absolute atomic E-state index is 12.6. The van der Waals surface area contributed by atoms with Gasteiger partial charge in [0.2, 0.25) is 5.16 Å². The molecule has 1 N–H and O–H groups in total. The third-order valence-electron chi connectivity index (χ3n) is 3.42. The van der Waals surface area contributed by atoms with Gasteiger partial charge in [-0.15, -0.1) is 5.10 Å². The van der Waals surface area contributed by atoms with Crippen molar-refractivity contribution < 1.29 is 8.42 Å². The van der Waals surface area contributed by atoms with E-state index in [0.717, 1.165) is 5.56 Å². The molecule has 0 fully saturated rings. The van der Waals surface area contributed by atoms with Gasteiger partial charge >= 0.3 is 0 Å². The number of sulfonamides is 1. The molecule has 0 aliphatic rings. The lowest BCUT2D eigenvalue weighted by Crippen LogP contribution is -2.13. The van der Waals surface area contributed by atoms with Crippen molar-refractivity contribution in [2.45, 2.75) is 17.0 Å². The number of halogens is 1. The number of hydrogen-bond donors (Lipinski definition) is 1. The minimum Gasteiger partial charge on any atom is -0.280 e. The number of anilines is 1. The molecule has 130 valence electrons. The number of aryl methyl sites for hydroxylation is 1. The third kappa shape index (κ3) is 3.78. The molecule has 0 amide bonds. The fraction of sp³-hybridized carbons (Fsp3) is 0.133. The average molecular weight is 396 g/mol. The number of aromatic nitrogens is 4. The van der Waals surface area contributed by atoms with E-state index in [9.17, 15) is 8.42 Å². The van der Waals surface area contributed by atoms with Crippen molar-refractivity contribution in [3.05, 3.63) is 53.1 Å². The minimum atomic E-state index is -3.75. The fourth-order valence-electron chi connectivity index (χ4n) is 2.12. The van der Waals surface area contributed by atoms with Crippen molar-refractivity contribution in [1.82, 2.24) is 20.2 Å². The number of nitrogens with zero attached hydrogens (tertiary/aromatic N) is 4. The van der Waals surface area contributed by atoms with Crippen LogP contribution in [0.5, 0.6) is 0 Å². The van der Waals surface area contributed by atoms with Crippen LogP contribution in [0.4, 0.5) is 5.69 Å². The second-order valence-corrected chi connectivity index (χ2v) is 8.01. The molecule has 25 heavy (non-hydrogen) atoms. The van der Waals surface area contributed by atoms with Crippen molar-refractivity contribution in [1.29, 1.82) is 0 Å². The van der Waals surface area contributed by atoms with Gasteiger partial charge in [-0.3, -0.25) is 4.72 Å². The molecule has 1 aromatic heterocycles. The Morgan fingerprint density at radius 3 is 2.72 bits per heavy atom. The Hall–Kier alpha value is -2.10. The topological polar surface area (TPSA) is 89.8 Å². The number of rotatable bonds is 5. The van der Waals surface area contributed by atoms with Crippen LogP contribution in [0.2, 0.25) is 5.02 Å². The molecule has 2 aromatic carbocycles. The zero-order valence-electron chi connectivity index (χ0n) is 13.3. The Labute approximate surface area is 154 Å². The smallest absolute Gasteiger partial charge is 0.261 e. The van der Waals surface area contributed by atoms with E-state index in [1.165, 1.54) is 28.6 Å². The van der Waals surface area contributed by atoms with Gasteiger partial charge in [-0.1, -0.05) is 35.5 Å². The fourth-order valence-corrected chi connectivity index (χ4v) is 3.88. The monoisotopic (exact) mass is 395 g/mol. The Balaban J connectivity index is 1.92. The molecule has 0 unspecified atom stereocenters. The van der Waals surface area contributed by atoms with Crippen LogP contribution in [-0.4, -0.2) is 34.9 Å². The van der Waals surface area contributed by atoms with Crippen molar-refractivity contribution in [2.24, 2.45) is 0 Å². The summed E-state index contributed by atoms with van der Waals surface area (Å²) in [6.07, 6.45) is 1.86. The van der Waals surface area contributed by atoms with Crippen LogP contribution in [0.1, 0.15) is 5.56 Å². The predicted molar refractivity (Wildman–Crippen MR) is 97.9 cm³/mol. The lowest BCUT2D eigenvalue weighted by atomic mass is 10.2. The van der Waals surface area contributed by atoms with E-state index in [-0.39, 0.29) is 4.90 Å². The lowest BCUT2D eigenvalue weighted by Gasteiger charge is -2.10. The molecule has 0 aliphatic carbocycles. The van der Waals surface area contributed by atoms with Gasteiger partial charge in [0.05, 0.1) is 16.3 Å². The van der Waals surface area contributed by atoms with E-state index in [1.807, 2.05) is 13.2 Å². The number of nitrogens with one attached hydrogen (secondary N) is 1. The standard InChI is InChI=1S/C15H14ClN5O2S2/c1-10-6-7-13(9-14(10)16)25(22,23)18-11-4-3-5-12(8-11)21-15(24-2)17-19-20-21/h3-9,18H,1-2H3. The highest BCUT2D eigenvalue weighted by atomic mass is 35.5. The van der Waals surface area contributed by atoms with E-state index in [2.05, 4.69) is 20.2 Å². The Bertz CT molecular complexity index is 1020. The van der Waals surface area contributed by atoms with Crippen molar-refractivity contribution >= 4 is 39.1 Å². The Morgan fingerprint density at radius 1 is 1.20 bits per heavy atom. The first-order valence-corrected chi connectivity index (χ1v) is 10.2. The summed E-state index contributed by atoms with van der Waals surface area (Å²) in [5, 5.41) is 12.4. The van der Waals surface area contributed by atoms with E-state index < -0.39 is 10.0 Å². The van der Waals surface area contributed by atoms with Crippen LogP contribution in [0, 0.1) is 6.92 Å². The van der Waals surface area contributed by atoms with Crippen LogP contribution < -0.4 is 4.72 Å². The number of hydrogen-bond acceptors (Lipinski definition) is 6. The molecule has 0 saturated heterocycles. The van der Waals surface area contributed by atoms with E-state index in [1.54, 1.807) is 30.3 Å². The maximum Gasteiger partial charge on any atom is 0.261 e. The Morgan fingerprint density at radius 2 is 2.00 bits per heavy atom. The van der Waals surface area contributed by atoms with Gasteiger partial charge in [0, 0.05) is 5.02 Å². The van der Waals surface area contributed by atoms with Crippen LogP contribution in [-0.2, 0) is 10.0 Å². The molecular formula is C15H14ClN5O2S2. The van der Waals surface area contributed by atoms with Crippen LogP contribution >= 0.6 is 23.4 Å². The molecule has 0 atom stereocenters. The van der Waals surface area contributed by atoms with Gasteiger partial charge in [0.15, 0.2) is 0 Å². The number of thioether (sulfide) groups is 1. The highest BCUT2D eigenvalue weighted by molar-refractivity contribution is 7.98. The summed E-state index contributed by atoms with van der Waals surface area (Å²) in [5.74, 6) is 0. The minimum absolute atomic E-state index is 0.0979. The molecule has 3 rings (SSSR count).